The standard InChI is InChI=1S/C56H60O6/c1-9-39(7)59-44-23-25-48(52(33-44)57-35-37(3)4)55(42-17-13-11-14-18-42)31-29-46-50(61-55)27-21-41-22-28-51-47(54(41)46)30-32-56(62-51,43-19-15-12-16-20-43)49-26-24-45(60-40(8)10-2)34-53(49)58-36-38(5)6/h11-34,37-40H,9-10,35-36H2,1-8H3. The van der Waals surface area contributed by atoms with Crippen LogP contribution in [-0.2, 0) is 11.2 Å². The molecule has 62 heavy (non-hydrogen) atoms. The van der Waals surface area contributed by atoms with E-state index in [-0.39, 0.29) is 12.2 Å². The van der Waals surface area contributed by atoms with E-state index in [0.29, 0.717) is 25.0 Å². The first-order valence-corrected chi connectivity index (χ1v) is 22.4. The SMILES string of the molecule is CCC(C)Oc1ccc(C2(c3ccccc3)C=Cc3c(ccc4ccc5c(c34)C=CC(c3ccccc3)(c3ccc(OC(C)CC)cc3OCC(C)C)O5)O2)c(OCC(C)C)c1. The molecule has 320 valence electrons. The van der Waals surface area contributed by atoms with E-state index in [2.05, 4.69) is 165 Å². The van der Waals surface area contributed by atoms with Crippen LogP contribution in [0.4, 0.5) is 0 Å². The zero-order valence-electron chi connectivity index (χ0n) is 37.4. The highest BCUT2D eigenvalue weighted by Gasteiger charge is 2.42. The van der Waals surface area contributed by atoms with Crippen molar-refractivity contribution in [2.45, 2.75) is 91.6 Å². The van der Waals surface area contributed by atoms with Crippen molar-refractivity contribution in [1.29, 1.82) is 0 Å². The molecule has 2 aliphatic heterocycles. The van der Waals surface area contributed by atoms with Crippen LogP contribution in [0.1, 0.15) is 102 Å². The average molecular weight is 829 g/mol. The van der Waals surface area contributed by atoms with E-state index >= 15 is 0 Å². The normalized spacial score (nSPS) is 18.7. The van der Waals surface area contributed by atoms with Crippen LogP contribution in [0.5, 0.6) is 34.5 Å². The number of hydrogen-bond acceptors (Lipinski definition) is 6. The number of benzene rings is 6. The molecular formula is C56H60O6. The smallest absolute Gasteiger partial charge is 0.181 e. The molecule has 2 heterocycles. The first-order valence-electron chi connectivity index (χ1n) is 22.4. The second-order valence-corrected chi connectivity index (χ2v) is 17.5. The third-order valence-corrected chi connectivity index (χ3v) is 11.8. The van der Waals surface area contributed by atoms with Crippen LogP contribution in [0.2, 0.25) is 0 Å². The van der Waals surface area contributed by atoms with E-state index in [9.17, 15) is 0 Å². The molecular weight excluding hydrogens is 769 g/mol. The summed E-state index contributed by atoms with van der Waals surface area (Å²) in [6, 6.07) is 41.5. The van der Waals surface area contributed by atoms with Gasteiger partial charge in [-0.05, 0) is 105 Å². The van der Waals surface area contributed by atoms with Gasteiger partial charge in [-0.25, -0.2) is 0 Å². The monoisotopic (exact) mass is 828 g/mol. The van der Waals surface area contributed by atoms with Crippen LogP contribution < -0.4 is 28.4 Å². The van der Waals surface area contributed by atoms with Crippen molar-refractivity contribution in [1.82, 2.24) is 0 Å². The average Bonchev–Trinajstić information content (AvgIpc) is 3.30. The lowest BCUT2D eigenvalue weighted by molar-refractivity contribution is 0.152. The van der Waals surface area contributed by atoms with Gasteiger partial charge >= 0.3 is 0 Å². The van der Waals surface area contributed by atoms with Crippen LogP contribution in [0.25, 0.3) is 22.9 Å². The predicted octanol–water partition coefficient (Wildman–Crippen LogP) is 14.0. The fourth-order valence-electron chi connectivity index (χ4n) is 8.19. The van der Waals surface area contributed by atoms with Crippen molar-refractivity contribution in [3.8, 4) is 34.5 Å². The highest BCUT2D eigenvalue weighted by atomic mass is 16.5. The Morgan fingerprint density at radius 1 is 0.500 bits per heavy atom. The molecule has 6 aromatic rings. The molecule has 6 nitrogen and oxygen atoms in total. The lowest BCUT2D eigenvalue weighted by atomic mass is 9.81. The van der Waals surface area contributed by atoms with Crippen molar-refractivity contribution in [3.05, 3.63) is 167 Å². The predicted molar refractivity (Wildman–Crippen MR) is 252 cm³/mol. The molecule has 0 N–H and O–H groups in total. The second-order valence-electron chi connectivity index (χ2n) is 17.5. The molecule has 2 aliphatic rings. The molecule has 0 saturated heterocycles. The number of hydrogen-bond donors (Lipinski definition) is 0. The van der Waals surface area contributed by atoms with Crippen LogP contribution >= 0.6 is 0 Å². The van der Waals surface area contributed by atoms with Crippen molar-refractivity contribution < 1.29 is 28.4 Å². The molecule has 6 heteroatoms. The summed E-state index contributed by atoms with van der Waals surface area (Å²) in [4.78, 5) is 0. The van der Waals surface area contributed by atoms with Crippen molar-refractivity contribution in [2.75, 3.05) is 13.2 Å². The minimum absolute atomic E-state index is 0.0737. The Labute approximate surface area is 368 Å². The molecule has 6 aromatic carbocycles. The molecule has 0 spiro atoms. The summed E-state index contributed by atoms with van der Waals surface area (Å²) in [5.74, 6) is 5.20. The molecule has 0 radical (unpaired) electrons. The van der Waals surface area contributed by atoms with E-state index in [1.54, 1.807) is 0 Å². The van der Waals surface area contributed by atoms with Crippen LogP contribution in [0.15, 0.2) is 133 Å². The molecule has 8 rings (SSSR count). The fraction of sp³-hybridized carbons (Fsp3) is 0.321. The summed E-state index contributed by atoms with van der Waals surface area (Å²) in [6.07, 6.45) is 10.7. The maximum absolute atomic E-state index is 7.37. The molecule has 0 bridgehead atoms. The van der Waals surface area contributed by atoms with Gasteiger partial charge in [-0.3, -0.25) is 0 Å². The number of ether oxygens (including phenoxy) is 6. The first kappa shape index (κ1) is 42.5. The van der Waals surface area contributed by atoms with Gasteiger partial charge < -0.3 is 28.4 Å². The lowest BCUT2D eigenvalue weighted by Gasteiger charge is -2.39. The zero-order valence-corrected chi connectivity index (χ0v) is 37.4. The van der Waals surface area contributed by atoms with Gasteiger partial charge in [-0.2, -0.15) is 0 Å². The first-order chi connectivity index (χ1) is 30.0. The molecule has 0 aliphatic carbocycles. The Bertz CT molecular complexity index is 2380. The fourth-order valence-corrected chi connectivity index (χ4v) is 8.19. The third-order valence-electron chi connectivity index (χ3n) is 11.8. The largest absolute Gasteiger partial charge is 0.493 e. The topological polar surface area (TPSA) is 55.4 Å². The second kappa shape index (κ2) is 18.1. The summed E-state index contributed by atoms with van der Waals surface area (Å²) in [5.41, 5.74) is 3.81. The van der Waals surface area contributed by atoms with E-state index in [4.69, 9.17) is 28.4 Å². The minimum atomic E-state index is -0.982. The summed E-state index contributed by atoms with van der Waals surface area (Å²) in [6.45, 7) is 18.2. The maximum atomic E-state index is 7.37. The Balaban J connectivity index is 1.26. The van der Waals surface area contributed by atoms with Gasteiger partial charge in [0, 0.05) is 50.9 Å². The van der Waals surface area contributed by atoms with E-state index in [0.717, 1.165) is 91.5 Å². The van der Waals surface area contributed by atoms with Crippen molar-refractivity contribution in [2.24, 2.45) is 11.8 Å². The van der Waals surface area contributed by atoms with E-state index in [1.165, 1.54) is 0 Å². The minimum Gasteiger partial charge on any atom is -0.493 e. The zero-order chi connectivity index (χ0) is 43.4. The summed E-state index contributed by atoms with van der Waals surface area (Å²) < 4.78 is 40.6. The summed E-state index contributed by atoms with van der Waals surface area (Å²) >= 11 is 0. The van der Waals surface area contributed by atoms with E-state index < -0.39 is 11.2 Å². The van der Waals surface area contributed by atoms with Gasteiger partial charge in [0.05, 0.1) is 25.4 Å². The van der Waals surface area contributed by atoms with E-state index in [1.807, 2.05) is 36.4 Å². The third kappa shape index (κ3) is 8.40. The Kier molecular flexibility index (Phi) is 12.4. The van der Waals surface area contributed by atoms with Crippen LogP contribution in [0.3, 0.4) is 0 Å². The van der Waals surface area contributed by atoms with Gasteiger partial charge in [-0.1, -0.05) is 114 Å². The quantitative estimate of drug-likeness (QED) is 0.0969. The molecule has 0 fully saturated rings. The molecule has 0 amide bonds. The highest BCUT2D eigenvalue weighted by molar-refractivity contribution is 6.02. The number of fused-ring (bicyclic) bond motifs is 5. The van der Waals surface area contributed by atoms with Crippen molar-refractivity contribution >= 4 is 22.9 Å². The van der Waals surface area contributed by atoms with Gasteiger partial charge in [0.15, 0.2) is 11.2 Å². The van der Waals surface area contributed by atoms with Gasteiger partial charge in [0.1, 0.15) is 34.5 Å². The maximum Gasteiger partial charge on any atom is 0.181 e. The Morgan fingerprint density at radius 2 is 0.919 bits per heavy atom. The molecule has 0 aromatic heterocycles. The van der Waals surface area contributed by atoms with Crippen molar-refractivity contribution in [3.63, 3.8) is 0 Å². The molecule has 4 unspecified atom stereocenters. The van der Waals surface area contributed by atoms with Gasteiger partial charge in [0.25, 0.3) is 0 Å². The Hall–Kier alpha value is -6.14. The molecule has 0 saturated carbocycles. The van der Waals surface area contributed by atoms with Crippen LogP contribution in [-0.4, -0.2) is 25.4 Å². The summed E-state index contributed by atoms with van der Waals surface area (Å²) in [5, 5.41) is 2.14. The van der Waals surface area contributed by atoms with Gasteiger partial charge in [-0.15, -0.1) is 0 Å². The highest BCUT2D eigenvalue weighted by Crippen LogP contribution is 2.52. The summed E-state index contributed by atoms with van der Waals surface area (Å²) in [7, 11) is 0. The lowest BCUT2D eigenvalue weighted by Crippen LogP contribution is -2.35. The molecule has 4 atom stereocenters. The van der Waals surface area contributed by atoms with Crippen LogP contribution in [0, 0.1) is 11.8 Å². The number of rotatable bonds is 16. The van der Waals surface area contributed by atoms with Gasteiger partial charge in [0.2, 0.25) is 0 Å². The Morgan fingerprint density at radius 3 is 1.31 bits per heavy atom.